The van der Waals surface area contributed by atoms with Crippen LogP contribution in [0.5, 0.6) is 0 Å². The summed E-state index contributed by atoms with van der Waals surface area (Å²) in [5.41, 5.74) is 0. The first-order valence-corrected chi connectivity index (χ1v) is 7.58. The van der Waals surface area contributed by atoms with Crippen LogP contribution in [0.3, 0.4) is 0 Å². The first-order valence-electron chi connectivity index (χ1n) is 7.58. The lowest BCUT2D eigenvalue weighted by atomic mass is 10.1. The number of hydrogen-bond donors (Lipinski definition) is 0. The molecule has 0 radical (unpaired) electrons. The van der Waals surface area contributed by atoms with E-state index in [1.165, 1.54) is 20.8 Å². The van der Waals surface area contributed by atoms with Gasteiger partial charge in [-0.1, -0.05) is 0 Å². The molecule has 0 N–H and O–H groups in total. The number of fused-ring (bicyclic) bond motifs is 1. The molecule has 9 nitrogen and oxygen atoms in total. The van der Waals surface area contributed by atoms with E-state index in [2.05, 4.69) is 0 Å². The third-order valence-electron chi connectivity index (χ3n) is 3.46. The van der Waals surface area contributed by atoms with Gasteiger partial charge in [-0.05, 0) is 13.8 Å². The van der Waals surface area contributed by atoms with Crippen LogP contribution in [-0.4, -0.2) is 61.0 Å². The second kappa shape index (κ2) is 7.04. The lowest BCUT2D eigenvalue weighted by molar-refractivity contribution is -0.234. The number of hydrogen-bond acceptors (Lipinski definition) is 9. The highest BCUT2D eigenvalue weighted by molar-refractivity contribution is 5.67. The minimum absolute atomic E-state index is 0.236. The fraction of sp³-hybridized carbons (Fsp3) is 0.800. The molecule has 0 bridgehead atoms. The largest absolute Gasteiger partial charge is 0.462 e. The molecular formula is C15H22O9. The molecule has 0 spiro atoms. The van der Waals surface area contributed by atoms with Gasteiger partial charge in [0.05, 0.1) is 0 Å². The predicted molar refractivity (Wildman–Crippen MR) is 76.4 cm³/mol. The number of carbonyl (C=O) groups is 3. The zero-order chi connectivity index (χ0) is 18.1. The van der Waals surface area contributed by atoms with E-state index in [9.17, 15) is 14.4 Å². The molecule has 0 amide bonds. The number of carbonyl (C=O) groups excluding carboxylic acids is 3. The molecule has 2 saturated heterocycles. The maximum atomic E-state index is 11.4. The highest BCUT2D eigenvalue weighted by Crippen LogP contribution is 2.40. The fourth-order valence-corrected chi connectivity index (χ4v) is 2.74. The van der Waals surface area contributed by atoms with Crippen molar-refractivity contribution in [3.05, 3.63) is 0 Å². The average Bonchev–Trinajstić information content (AvgIpc) is 2.87. The Morgan fingerprint density at radius 1 is 1.04 bits per heavy atom. The van der Waals surface area contributed by atoms with Gasteiger partial charge in [0, 0.05) is 20.8 Å². The topological polar surface area (TPSA) is 107 Å². The van der Waals surface area contributed by atoms with Crippen LogP contribution in [0.15, 0.2) is 0 Å². The minimum Gasteiger partial charge on any atom is -0.462 e. The van der Waals surface area contributed by atoms with Gasteiger partial charge in [-0.25, -0.2) is 0 Å². The molecule has 2 fully saturated rings. The lowest BCUT2D eigenvalue weighted by Gasteiger charge is -2.29. The summed E-state index contributed by atoms with van der Waals surface area (Å²) in [7, 11) is 0. The lowest BCUT2D eigenvalue weighted by Crippen LogP contribution is -2.47. The van der Waals surface area contributed by atoms with E-state index in [-0.39, 0.29) is 6.61 Å². The molecule has 0 aromatic rings. The molecule has 2 aliphatic heterocycles. The van der Waals surface area contributed by atoms with Gasteiger partial charge in [0.1, 0.15) is 12.7 Å². The third-order valence-corrected chi connectivity index (χ3v) is 3.46. The first-order chi connectivity index (χ1) is 11.1. The second-order valence-electron chi connectivity index (χ2n) is 6.09. The van der Waals surface area contributed by atoms with Gasteiger partial charge in [-0.3, -0.25) is 14.4 Å². The smallest absolute Gasteiger partial charge is 0.303 e. The number of rotatable bonds is 5. The van der Waals surface area contributed by atoms with Crippen molar-refractivity contribution >= 4 is 17.9 Å². The van der Waals surface area contributed by atoms with Crippen LogP contribution >= 0.6 is 0 Å². The monoisotopic (exact) mass is 346 g/mol. The van der Waals surface area contributed by atoms with Gasteiger partial charge in [0.25, 0.3) is 0 Å². The molecular weight excluding hydrogens is 324 g/mol. The van der Waals surface area contributed by atoms with Crippen LogP contribution in [0.25, 0.3) is 0 Å². The van der Waals surface area contributed by atoms with Crippen LogP contribution in [0.4, 0.5) is 0 Å². The van der Waals surface area contributed by atoms with Gasteiger partial charge in [-0.15, -0.1) is 0 Å². The maximum absolute atomic E-state index is 11.4. The average molecular weight is 346 g/mol. The Balaban J connectivity index is 2.19. The summed E-state index contributed by atoms with van der Waals surface area (Å²) in [4.78, 5) is 33.8. The Bertz CT molecular complexity index is 515. The normalized spacial score (nSPS) is 31.9. The Morgan fingerprint density at radius 2 is 1.71 bits per heavy atom. The molecule has 9 heteroatoms. The summed E-state index contributed by atoms with van der Waals surface area (Å²) in [5, 5.41) is 0. The van der Waals surface area contributed by atoms with Crippen molar-refractivity contribution in [2.75, 3.05) is 6.61 Å². The van der Waals surface area contributed by atoms with E-state index in [1.807, 2.05) is 0 Å². The second-order valence-corrected chi connectivity index (χ2v) is 6.09. The summed E-state index contributed by atoms with van der Waals surface area (Å²) in [5.74, 6) is -2.57. The molecule has 0 aromatic carbocycles. The molecule has 2 rings (SSSR count). The first kappa shape index (κ1) is 18.6. The van der Waals surface area contributed by atoms with E-state index >= 15 is 0 Å². The van der Waals surface area contributed by atoms with Crippen molar-refractivity contribution in [2.45, 2.75) is 71.1 Å². The SMILES string of the molecule is CC(=O)OC[C@@H](OC(C)=O)[C@H]1O[C@@H]2OC(C)(C)O[C@@H]2[C@H]1OC(C)=O. The summed E-state index contributed by atoms with van der Waals surface area (Å²) < 4.78 is 32.5. The van der Waals surface area contributed by atoms with E-state index < -0.39 is 54.4 Å². The van der Waals surface area contributed by atoms with Crippen LogP contribution in [0, 0.1) is 0 Å². The van der Waals surface area contributed by atoms with E-state index in [4.69, 9.17) is 28.4 Å². The van der Waals surface area contributed by atoms with Gasteiger partial charge in [0.15, 0.2) is 30.4 Å². The standard InChI is InChI=1S/C15H22O9/c1-7(16)19-6-10(20-8(2)17)11-12(21-9(3)18)13-14(22-11)24-15(4,5)23-13/h10-14H,6H2,1-5H3/t10-,11-,12+,13-,14-/m1/s1. The fourth-order valence-electron chi connectivity index (χ4n) is 2.74. The number of ether oxygens (including phenoxy) is 6. The van der Waals surface area contributed by atoms with Gasteiger partial charge >= 0.3 is 17.9 Å². The maximum Gasteiger partial charge on any atom is 0.303 e. The predicted octanol–water partition coefficient (Wildman–Crippen LogP) is 0.289. The summed E-state index contributed by atoms with van der Waals surface area (Å²) in [6.45, 7) is 6.87. The molecule has 5 atom stereocenters. The summed E-state index contributed by atoms with van der Waals surface area (Å²) in [6, 6.07) is 0. The molecule has 24 heavy (non-hydrogen) atoms. The highest BCUT2D eigenvalue weighted by Gasteiger charge is 2.59. The van der Waals surface area contributed by atoms with Crippen LogP contribution < -0.4 is 0 Å². The quantitative estimate of drug-likeness (QED) is 0.513. The molecule has 0 aromatic heterocycles. The molecule has 2 aliphatic rings. The minimum atomic E-state index is -0.961. The van der Waals surface area contributed by atoms with Crippen LogP contribution in [-0.2, 0) is 42.8 Å². The van der Waals surface area contributed by atoms with E-state index in [1.54, 1.807) is 13.8 Å². The zero-order valence-corrected chi connectivity index (χ0v) is 14.3. The summed E-state index contributed by atoms with van der Waals surface area (Å²) >= 11 is 0. The van der Waals surface area contributed by atoms with E-state index in [0.29, 0.717) is 0 Å². The molecule has 136 valence electrons. The zero-order valence-electron chi connectivity index (χ0n) is 14.3. The van der Waals surface area contributed by atoms with Crippen molar-refractivity contribution in [2.24, 2.45) is 0 Å². The Kier molecular flexibility index (Phi) is 5.46. The Labute approximate surface area is 139 Å². The molecule has 0 unspecified atom stereocenters. The van der Waals surface area contributed by atoms with Crippen molar-refractivity contribution in [1.29, 1.82) is 0 Å². The van der Waals surface area contributed by atoms with Crippen molar-refractivity contribution < 1.29 is 42.8 Å². The van der Waals surface area contributed by atoms with Gasteiger partial charge in [-0.2, -0.15) is 0 Å². The molecule has 0 saturated carbocycles. The number of esters is 3. The van der Waals surface area contributed by atoms with Gasteiger partial charge < -0.3 is 28.4 Å². The van der Waals surface area contributed by atoms with E-state index in [0.717, 1.165) is 0 Å². The Morgan fingerprint density at radius 3 is 2.25 bits per heavy atom. The Hall–Kier alpha value is -1.71. The van der Waals surface area contributed by atoms with Crippen LogP contribution in [0.2, 0.25) is 0 Å². The highest BCUT2D eigenvalue weighted by atomic mass is 16.8. The van der Waals surface area contributed by atoms with Gasteiger partial charge in [0.2, 0.25) is 0 Å². The van der Waals surface area contributed by atoms with Crippen molar-refractivity contribution in [3.63, 3.8) is 0 Å². The van der Waals surface area contributed by atoms with Crippen LogP contribution in [0.1, 0.15) is 34.6 Å². The van der Waals surface area contributed by atoms with Crippen molar-refractivity contribution in [3.8, 4) is 0 Å². The van der Waals surface area contributed by atoms with Crippen molar-refractivity contribution in [1.82, 2.24) is 0 Å². The summed E-state index contributed by atoms with van der Waals surface area (Å²) in [6.07, 6.45) is -4.18. The molecule has 2 heterocycles. The third kappa shape index (κ3) is 4.43. The molecule has 0 aliphatic carbocycles.